The topological polar surface area (TPSA) is 42.3 Å². The third-order valence-electron chi connectivity index (χ3n) is 6.66. The van der Waals surface area contributed by atoms with Crippen LogP contribution in [0.15, 0.2) is 79.0 Å². The van der Waals surface area contributed by atoms with Gasteiger partial charge in [0.1, 0.15) is 5.75 Å². The largest absolute Gasteiger partial charge is 0.495 e. The number of para-hydroxylation sites is 2. The molecule has 0 spiro atoms. The predicted molar refractivity (Wildman–Crippen MR) is 141 cm³/mol. The van der Waals surface area contributed by atoms with Crippen LogP contribution in [-0.4, -0.2) is 21.8 Å². The van der Waals surface area contributed by atoms with Crippen LogP contribution in [-0.2, 0) is 6.18 Å². The van der Waals surface area contributed by atoms with E-state index >= 15 is 0 Å². The van der Waals surface area contributed by atoms with E-state index in [-0.39, 0.29) is 12.1 Å². The number of hydrogen-bond donors (Lipinski definition) is 1. The Balaban J connectivity index is 1.69. The summed E-state index contributed by atoms with van der Waals surface area (Å²) in [5.41, 5.74) is 3.89. The van der Waals surface area contributed by atoms with E-state index in [1.165, 1.54) is 12.1 Å². The second kappa shape index (κ2) is 9.55. The van der Waals surface area contributed by atoms with Gasteiger partial charge in [0.05, 0.1) is 36.1 Å². The first-order chi connectivity index (χ1) is 17.7. The summed E-state index contributed by atoms with van der Waals surface area (Å²) in [4.78, 5) is 6.59. The van der Waals surface area contributed by atoms with Gasteiger partial charge in [-0.3, -0.25) is 4.98 Å². The summed E-state index contributed by atoms with van der Waals surface area (Å²) in [7, 11) is 1.61. The number of rotatable bonds is 5. The zero-order chi connectivity index (χ0) is 26.3. The number of hydrogen-bond acceptors (Lipinski definition) is 3. The number of ether oxygens (including phenoxy) is 1. The number of nitrogens with zero attached hydrogens (tertiary/aromatic N) is 3. The van der Waals surface area contributed by atoms with Crippen LogP contribution in [0.3, 0.4) is 0 Å². The van der Waals surface area contributed by atoms with E-state index in [0.717, 1.165) is 34.4 Å². The molecule has 5 rings (SSSR count). The van der Waals surface area contributed by atoms with E-state index in [0.29, 0.717) is 16.5 Å². The van der Waals surface area contributed by atoms with Gasteiger partial charge in [0, 0.05) is 23.3 Å². The third-order valence-corrected chi connectivity index (χ3v) is 6.98. The SMILES string of the molecule is COc1ccccc1N1C(=S)N[C@@H](c2ccccn2)[C@H]1c1cc(C)n(-c2cccc(C(F)(F)F)c2)c1C. The highest BCUT2D eigenvalue weighted by Gasteiger charge is 2.43. The molecule has 2 atom stereocenters. The standard InChI is InChI=1S/C28H25F3N4OS/c1-17-15-21(18(2)34(17)20-10-8-9-19(16-20)28(29,30)31)26-25(22-11-6-7-14-32-22)33-27(37)35(26)23-12-4-5-13-24(23)36-3/h4-16,25-26H,1-3H3,(H,33,37)/t25-,26+/m0/s1. The highest BCUT2D eigenvalue weighted by atomic mass is 32.1. The van der Waals surface area contributed by atoms with E-state index in [2.05, 4.69) is 10.3 Å². The average molecular weight is 523 g/mol. The minimum Gasteiger partial charge on any atom is -0.495 e. The fraction of sp³-hybridized carbons (Fsp3) is 0.214. The second-order valence-electron chi connectivity index (χ2n) is 8.88. The molecule has 5 nitrogen and oxygen atoms in total. The van der Waals surface area contributed by atoms with Crippen molar-refractivity contribution in [1.29, 1.82) is 0 Å². The Kier molecular flexibility index (Phi) is 6.41. The molecule has 0 unspecified atom stereocenters. The summed E-state index contributed by atoms with van der Waals surface area (Å²) >= 11 is 5.82. The lowest BCUT2D eigenvalue weighted by molar-refractivity contribution is -0.137. The van der Waals surface area contributed by atoms with Crippen molar-refractivity contribution in [3.8, 4) is 11.4 Å². The van der Waals surface area contributed by atoms with Crippen LogP contribution in [0.2, 0.25) is 0 Å². The van der Waals surface area contributed by atoms with Gasteiger partial charge in [-0.15, -0.1) is 0 Å². The molecule has 0 amide bonds. The Labute approximate surface area is 218 Å². The summed E-state index contributed by atoms with van der Waals surface area (Å²) in [6, 6.07) is 20.1. The Morgan fingerprint density at radius 1 is 0.973 bits per heavy atom. The van der Waals surface area contributed by atoms with Gasteiger partial charge in [-0.25, -0.2) is 0 Å². The number of pyridine rings is 1. The maximum Gasteiger partial charge on any atom is 0.416 e. The van der Waals surface area contributed by atoms with E-state index in [4.69, 9.17) is 17.0 Å². The van der Waals surface area contributed by atoms with Crippen molar-refractivity contribution >= 4 is 23.0 Å². The number of anilines is 1. The van der Waals surface area contributed by atoms with Gasteiger partial charge in [0.2, 0.25) is 0 Å². The van der Waals surface area contributed by atoms with Crippen LogP contribution < -0.4 is 15.0 Å². The summed E-state index contributed by atoms with van der Waals surface area (Å²) in [5.74, 6) is 0.657. The number of benzene rings is 2. The van der Waals surface area contributed by atoms with Crippen molar-refractivity contribution in [1.82, 2.24) is 14.9 Å². The molecule has 190 valence electrons. The molecule has 1 saturated heterocycles. The maximum absolute atomic E-state index is 13.5. The summed E-state index contributed by atoms with van der Waals surface area (Å²) in [5, 5.41) is 3.93. The highest BCUT2D eigenvalue weighted by molar-refractivity contribution is 7.80. The first-order valence-electron chi connectivity index (χ1n) is 11.7. The van der Waals surface area contributed by atoms with Crippen LogP contribution in [0.4, 0.5) is 18.9 Å². The van der Waals surface area contributed by atoms with E-state index in [1.807, 2.05) is 71.8 Å². The predicted octanol–water partition coefficient (Wildman–Crippen LogP) is 6.69. The van der Waals surface area contributed by atoms with Gasteiger partial charge in [-0.2, -0.15) is 13.2 Å². The van der Waals surface area contributed by atoms with Gasteiger partial charge < -0.3 is 19.5 Å². The molecular formula is C28H25F3N4OS. The van der Waals surface area contributed by atoms with Gasteiger partial charge in [0.25, 0.3) is 0 Å². The smallest absolute Gasteiger partial charge is 0.416 e. The number of halogens is 3. The number of aryl methyl sites for hydroxylation is 1. The Morgan fingerprint density at radius 2 is 1.73 bits per heavy atom. The van der Waals surface area contributed by atoms with Crippen molar-refractivity contribution in [3.05, 3.63) is 107 Å². The number of thiocarbonyl (C=S) groups is 1. The lowest BCUT2D eigenvalue weighted by atomic mass is 9.96. The number of alkyl halides is 3. The Morgan fingerprint density at radius 3 is 2.43 bits per heavy atom. The van der Waals surface area contributed by atoms with Crippen LogP contribution in [0.25, 0.3) is 5.69 Å². The van der Waals surface area contributed by atoms with E-state index < -0.39 is 11.7 Å². The summed E-state index contributed by atoms with van der Waals surface area (Å²) < 4.78 is 47.9. The zero-order valence-electron chi connectivity index (χ0n) is 20.5. The molecule has 1 aliphatic heterocycles. The zero-order valence-corrected chi connectivity index (χ0v) is 21.3. The van der Waals surface area contributed by atoms with Crippen LogP contribution in [0, 0.1) is 13.8 Å². The molecule has 0 bridgehead atoms. The minimum absolute atomic E-state index is 0.297. The molecule has 4 aromatic rings. The van der Waals surface area contributed by atoms with Crippen LogP contribution >= 0.6 is 12.2 Å². The summed E-state index contributed by atoms with van der Waals surface area (Å²) in [6.45, 7) is 3.81. The Hall–Kier alpha value is -3.85. The lowest BCUT2D eigenvalue weighted by Crippen LogP contribution is -2.30. The average Bonchev–Trinajstić information content (AvgIpc) is 3.38. The molecule has 9 heteroatoms. The molecule has 2 aromatic heterocycles. The molecule has 2 aromatic carbocycles. The van der Waals surface area contributed by atoms with Gasteiger partial charge in [0.15, 0.2) is 5.11 Å². The highest BCUT2D eigenvalue weighted by Crippen LogP contribution is 2.46. The quantitative estimate of drug-likeness (QED) is 0.296. The minimum atomic E-state index is -4.43. The first kappa shape index (κ1) is 24.8. The molecular weight excluding hydrogens is 497 g/mol. The maximum atomic E-state index is 13.5. The lowest BCUT2D eigenvalue weighted by Gasteiger charge is -2.29. The molecule has 1 N–H and O–H groups in total. The van der Waals surface area contributed by atoms with Crippen molar-refractivity contribution in [2.45, 2.75) is 32.1 Å². The third kappa shape index (κ3) is 4.44. The molecule has 0 aliphatic carbocycles. The molecule has 0 saturated carbocycles. The van der Waals surface area contributed by atoms with Crippen molar-refractivity contribution < 1.29 is 17.9 Å². The van der Waals surface area contributed by atoms with Crippen molar-refractivity contribution in [2.24, 2.45) is 0 Å². The number of nitrogens with one attached hydrogen (secondary N) is 1. The van der Waals surface area contributed by atoms with Crippen molar-refractivity contribution in [3.63, 3.8) is 0 Å². The van der Waals surface area contributed by atoms with Gasteiger partial charge >= 0.3 is 6.18 Å². The molecule has 3 heterocycles. The van der Waals surface area contributed by atoms with Crippen LogP contribution in [0.5, 0.6) is 5.75 Å². The number of methoxy groups -OCH3 is 1. The number of aromatic nitrogens is 2. The summed E-state index contributed by atoms with van der Waals surface area (Å²) in [6.07, 6.45) is -2.70. The molecule has 1 fully saturated rings. The monoisotopic (exact) mass is 522 g/mol. The van der Waals surface area contributed by atoms with E-state index in [1.54, 1.807) is 19.4 Å². The normalized spacial score (nSPS) is 17.7. The molecule has 1 aliphatic rings. The van der Waals surface area contributed by atoms with Gasteiger partial charge in [-0.1, -0.05) is 24.3 Å². The van der Waals surface area contributed by atoms with E-state index in [9.17, 15) is 13.2 Å². The molecule has 0 radical (unpaired) electrons. The fourth-order valence-corrected chi connectivity index (χ4v) is 5.40. The van der Waals surface area contributed by atoms with Crippen LogP contribution in [0.1, 0.15) is 40.3 Å². The van der Waals surface area contributed by atoms with Crippen molar-refractivity contribution in [2.75, 3.05) is 12.0 Å². The Bertz CT molecular complexity index is 1450. The first-order valence-corrected chi connectivity index (χ1v) is 12.1. The fourth-order valence-electron chi connectivity index (χ4n) is 5.06. The molecule has 37 heavy (non-hydrogen) atoms. The van der Waals surface area contributed by atoms with Gasteiger partial charge in [-0.05, 0) is 80.2 Å². The second-order valence-corrected chi connectivity index (χ2v) is 9.27.